The van der Waals surface area contributed by atoms with Crippen LogP contribution in [0.3, 0.4) is 0 Å². The van der Waals surface area contributed by atoms with E-state index in [1.807, 2.05) is 13.8 Å². The average Bonchev–Trinajstić information content (AvgIpc) is 2.81. The molecule has 0 aromatic heterocycles. The molecule has 2 unspecified atom stereocenters. The summed E-state index contributed by atoms with van der Waals surface area (Å²) >= 11 is 0. The molecule has 0 aliphatic rings. The molecular formula is C26H41O6P. The van der Waals surface area contributed by atoms with Crippen molar-refractivity contribution in [1.82, 2.24) is 0 Å². The molecule has 0 bridgehead atoms. The Balaban J connectivity index is 2.90. The largest absolute Gasteiger partial charge is 0.496 e. The molecule has 0 aliphatic carbocycles. The van der Waals surface area contributed by atoms with Crippen molar-refractivity contribution in [2.24, 2.45) is 11.8 Å². The van der Waals surface area contributed by atoms with Gasteiger partial charge >= 0.3 is 5.97 Å². The highest BCUT2D eigenvalue weighted by atomic mass is 31.1. The molecule has 0 spiro atoms. The summed E-state index contributed by atoms with van der Waals surface area (Å²) in [5.41, 5.74) is 0.243. The van der Waals surface area contributed by atoms with Crippen LogP contribution in [0.4, 0.5) is 0 Å². The lowest BCUT2D eigenvalue weighted by Gasteiger charge is -2.32. The topological polar surface area (TPSA) is 78.9 Å². The Bertz CT molecular complexity index is 741. The summed E-state index contributed by atoms with van der Waals surface area (Å²) in [6, 6.07) is 5.06. The number of carbonyl (C=O) groups is 2. The molecule has 0 saturated carbocycles. The zero-order valence-corrected chi connectivity index (χ0v) is 22.0. The molecule has 186 valence electrons. The van der Waals surface area contributed by atoms with Crippen molar-refractivity contribution in [3.05, 3.63) is 23.8 Å². The number of benzene rings is 1. The van der Waals surface area contributed by atoms with Gasteiger partial charge in [-0.15, -0.1) is 0 Å². The van der Waals surface area contributed by atoms with Crippen LogP contribution in [0.2, 0.25) is 0 Å². The lowest BCUT2D eigenvalue weighted by molar-refractivity contribution is -0.148. The van der Waals surface area contributed by atoms with Gasteiger partial charge in [0.05, 0.1) is 26.7 Å². The maximum Gasteiger partial charge on any atom is 0.324 e. The molecule has 0 radical (unpaired) electrons. The smallest absolute Gasteiger partial charge is 0.324 e. The fraction of sp³-hybridized carbons (Fsp3) is 0.692. The fourth-order valence-corrected chi connectivity index (χ4v) is 4.89. The Morgan fingerprint density at radius 3 is 1.91 bits per heavy atom. The third-order valence-electron chi connectivity index (χ3n) is 6.06. The van der Waals surface area contributed by atoms with Gasteiger partial charge in [0.2, 0.25) is 0 Å². The second-order valence-corrected chi connectivity index (χ2v) is 10.1. The van der Waals surface area contributed by atoms with Crippen molar-refractivity contribution in [1.29, 1.82) is 0 Å². The van der Waals surface area contributed by atoms with Crippen molar-refractivity contribution in [3.8, 4) is 11.5 Å². The van der Waals surface area contributed by atoms with Crippen molar-refractivity contribution in [2.45, 2.75) is 84.2 Å². The molecule has 0 N–H and O–H groups in total. The summed E-state index contributed by atoms with van der Waals surface area (Å²) in [4.78, 5) is 26.7. The van der Waals surface area contributed by atoms with Crippen molar-refractivity contribution >= 4 is 20.2 Å². The fourth-order valence-electron chi connectivity index (χ4n) is 4.22. The number of unbranched alkanes of at least 4 members (excludes halogenated alkanes) is 7. The second-order valence-electron chi connectivity index (χ2n) is 8.97. The lowest BCUT2D eigenvalue weighted by atomic mass is 9.77. The minimum Gasteiger partial charge on any atom is -0.496 e. The van der Waals surface area contributed by atoms with Crippen LogP contribution in [0, 0.1) is 11.8 Å². The summed E-state index contributed by atoms with van der Waals surface area (Å²) < 4.78 is 28.6. The van der Waals surface area contributed by atoms with E-state index in [0.29, 0.717) is 11.5 Å². The van der Waals surface area contributed by atoms with Crippen LogP contribution in [0.15, 0.2) is 18.2 Å². The summed E-state index contributed by atoms with van der Waals surface area (Å²) in [5.74, 6) is -1.43. The Kier molecular flexibility index (Phi) is 13.3. The Morgan fingerprint density at radius 2 is 1.45 bits per heavy atom. The average molecular weight is 481 g/mol. The van der Waals surface area contributed by atoms with Crippen molar-refractivity contribution in [3.63, 3.8) is 0 Å². The zero-order chi connectivity index (χ0) is 24.9. The third kappa shape index (κ3) is 8.10. The third-order valence-corrected chi connectivity index (χ3v) is 6.90. The van der Waals surface area contributed by atoms with Gasteiger partial charge in [0, 0.05) is 0 Å². The zero-order valence-electron chi connectivity index (χ0n) is 21.1. The van der Waals surface area contributed by atoms with Gasteiger partial charge in [-0.05, 0) is 31.4 Å². The molecule has 0 saturated heterocycles. The minimum absolute atomic E-state index is 0.243. The first-order chi connectivity index (χ1) is 15.8. The normalized spacial score (nSPS) is 14.0. The molecule has 0 fully saturated rings. The van der Waals surface area contributed by atoms with Gasteiger partial charge in [0.25, 0.3) is 0 Å². The molecule has 0 aliphatic heterocycles. The molecule has 2 atom stereocenters. The minimum atomic E-state index is -1.52. The number of Topliss-reactive ketones (excluding diaryl/α,β-unsaturated/α-hetero) is 1. The number of carbonyl (C=O) groups excluding carboxylic acids is 2. The van der Waals surface area contributed by atoms with Crippen LogP contribution in [0.5, 0.6) is 11.5 Å². The highest BCUT2D eigenvalue weighted by Crippen LogP contribution is 2.42. The highest BCUT2D eigenvalue weighted by Gasteiger charge is 2.50. The molecule has 0 heterocycles. The van der Waals surface area contributed by atoms with E-state index >= 15 is 0 Å². The summed E-state index contributed by atoms with van der Waals surface area (Å²) in [6.45, 7) is 7.66. The standard InChI is InChI=1S/C26H41O6P/c1-7-8-9-10-11-12-13-14-18-32-25(28)26(4,33-29)23(19(2)3)24(27)22-20(30-5)16-15-17-21(22)31-6/h15-17,19,23H,7-14,18H2,1-6H3. The number of ether oxygens (including phenoxy) is 3. The van der Waals surface area contributed by atoms with Gasteiger partial charge in [-0.3, -0.25) is 14.2 Å². The quantitative estimate of drug-likeness (QED) is 0.104. The van der Waals surface area contributed by atoms with Crippen LogP contribution in [-0.2, 0) is 14.1 Å². The first kappa shape index (κ1) is 29.1. The van der Waals surface area contributed by atoms with Gasteiger partial charge in [-0.2, -0.15) is 0 Å². The summed E-state index contributed by atoms with van der Waals surface area (Å²) in [7, 11) is 2.49. The summed E-state index contributed by atoms with van der Waals surface area (Å²) in [6.07, 6.45) is 9.06. The van der Waals surface area contributed by atoms with E-state index in [1.54, 1.807) is 18.2 Å². The number of ketones is 1. The van der Waals surface area contributed by atoms with Crippen LogP contribution in [0.25, 0.3) is 0 Å². The van der Waals surface area contributed by atoms with Crippen LogP contribution in [0.1, 0.15) is 89.4 Å². The van der Waals surface area contributed by atoms with E-state index in [0.717, 1.165) is 19.3 Å². The van der Waals surface area contributed by atoms with Crippen LogP contribution >= 0.6 is 8.46 Å². The molecular weight excluding hydrogens is 439 g/mol. The predicted octanol–water partition coefficient (Wildman–Crippen LogP) is 6.89. The van der Waals surface area contributed by atoms with E-state index in [-0.39, 0.29) is 23.9 Å². The molecule has 1 aromatic rings. The maximum absolute atomic E-state index is 13.7. The number of hydrogen-bond acceptors (Lipinski definition) is 6. The predicted molar refractivity (Wildman–Crippen MR) is 132 cm³/mol. The molecule has 1 aromatic carbocycles. The van der Waals surface area contributed by atoms with E-state index in [9.17, 15) is 14.2 Å². The number of hydrogen-bond donors (Lipinski definition) is 0. The number of rotatable bonds is 17. The lowest BCUT2D eigenvalue weighted by Crippen LogP contribution is -2.46. The molecule has 0 amide bonds. The van der Waals surface area contributed by atoms with E-state index in [4.69, 9.17) is 14.2 Å². The van der Waals surface area contributed by atoms with Gasteiger partial charge in [-0.25, -0.2) is 0 Å². The SMILES string of the molecule is CCCCCCCCCCOC(=O)C(C)(P=O)C(C(=O)c1c(OC)cccc1OC)C(C)C. The summed E-state index contributed by atoms with van der Waals surface area (Å²) in [5, 5.41) is -1.52. The molecule has 6 nitrogen and oxygen atoms in total. The molecule has 33 heavy (non-hydrogen) atoms. The Labute approximate surface area is 201 Å². The van der Waals surface area contributed by atoms with Gasteiger partial charge in [0.15, 0.2) is 19.4 Å². The van der Waals surface area contributed by atoms with Crippen molar-refractivity contribution < 1.29 is 28.4 Å². The number of esters is 1. The van der Waals surface area contributed by atoms with Crippen LogP contribution < -0.4 is 9.47 Å². The van der Waals surface area contributed by atoms with E-state index in [2.05, 4.69) is 6.92 Å². The molecule has 1 rings (SSSR count). The number of methoxy groups -OCH3 is 2. The van der Waals surface area contributed by atoms with E-state index in [1.165, 1.54) is 53.2 Å². The monoisotopic (exact) mass is 480 g/mol. The molecule has 7 heteroatoms. The van der Waals surface area contributed by atoms with Gasteiger partial charge in [-0.1, -0.05) is 71.8 Å². The first-order valence-corrected chi connectivity index (χ1v) is 12.9. The van der Waals surface area contributed by atoms with Gasteiger partial charge < -0.3 is 14.2 Å². The van der Waals surface area contributed by atoms with Crippen molar-refractivity contribution in [2.75, 3.05) is 20.8 Å². The maximum atomic E-state index is 13.7. The Morgan fingerprint density at radius 1 is 0.939 bits per heavy atom. The first-order valence-electron chi connectivity index (χ1n) is 12.0. The Hall–Kier alpha value is -1.94. The highest BCUT2D eigenvalue weighted by molar-refractivity contribution is 7.27. The van der Waals surface area contributed by atoms with E-state index < -0.39 is 25.5 Å². The second kappa shape index (κ2) is 15.1. The van der Waals surface area contributed by atoms with Gasteiger partial charge in [0.1, 0.15) is 17.1 Å². The van der Waals surface area contributed by atoms with Crippen LogP contribution in [-0.4, -0.2) is 37.7 Å².